The van der Waals surface area contributed by atoms with E-state index >= 15 is 0 Å². The highest BCUT2D eigenvalue weighted by atomic mass is 32.1. The zero-order valence-corrected chi connectivity index (χ0v) is 14.9. The monoisotopic (exact) mass is 341 g/mol. The minimum absolute atomic E-state index is 0.302. The highest BCUT2D eigenvalue weighted by Crippen LogP contribution is 2.21. The number of rotatable bonds is 2. The number of thiocarbonyl (C=S) groups is 1. The van der Waals surface area contributed by atoms with Crippen molar-refractivity contribution in [3.63, 3.8) is 0 Å². The number of anilines is 2. The van der Waals surface area contributed by atoms with Crippen LogP contribution in [0.1, 0.15) is 11.1 Å². The Hall–Kier alpha value is -2.27. The molecular weight excluding hydrogens is 318 g/mol. The third-order valence-corrected chi connectivity index (χ3v) is 4.99. The Balaban J connectivity index is 1.59. The number of nitrogens with zero attached hydrogens (tertiary/aromatic N) is 2. The smallest absolute Gasteiger partial charge is 0.173 e. The normalized spacial score (nSPS) is 14.6. The Bertz CT molecular complexity index is 722. The van der Waals surface area contributed by atoms with Crippen LogP contribution in [0.2, 0.25) is 0 Å². The van der Waals surface area contributed by atoms with Crippen LogP contribution in [0.5, 0.6) is 5.75 Å². The second-order valence-electron chi connectivity index (χ2n) is 6.17. The molecule has 1 aliphatic heterocycles. The molecule has 0 atom stereocenters. The van der Waals surface area contributed by atoms with Crippen LogP contribution in [0.15, 0.2) is 42.5 Å². The number of phenolic OH excluding ortho intramolecular Hbond substituents is 1. The van der Waals surface area contributed by atoms with Crippen LogP contribution in [0.3, 0.4) is 0 Å². The number of aryl methyl sites for hydroxylation is 1. The molecule has 3 rings (SSSR count). The van der Waals surface area contributed by atoms with Gasteiger partial charge in [0, 0.05) is 37.6 Å². The van der Waals surface area contributed by atoms with Crippen LogP contribution in [0.25, 0.3) is 0 Å². The van der Waals surface area contributed by atoms with Gasteiger partial charge in [0.25, 0.3) is 0 Å². The first-order valence-electron chi connectivity index (χ1n) is 8.21. The van der Waals surface area contributed by atoms with Gasteiger partial charge in [0.05, 0.1) is 0 Å². The van der Waals surface area contributed by atoms with Crippen LogP contribution >= 0.6 is 12.2 Å². The molecule has 126 valence electrons. The molecule has 24 heavy (non-hydrogen) atoms. The molecule has 1 saturated heterocycles. The summed E-state index contributed by atoms with van der Waals surface area (Å²) in [6.45, 7) is 7.83. The summed E-state index contributed by atoms with van der Waals surface area (Å²) in [4.78, 5) is 4.53. The minimum Gasteiger partial charge on any atom is -0.508 e. The van der Waals surface area contributed by atoms with E-state index in [2.05, 4.69) is 47.2 Å². The van der Waals surface area contributed by atoms with Crippen molar-refractivity contribution in [2.75, 3.05) is 36.4 Å². The standard InChI is InChI=1S/C19H23N3OS/c1-14-4-3-5-18(15(14)2)20-19(24)22-12-10-21(11-13-22)16-6-8-17(23)9-7-16/h3-9,23H,10-13H2,1-2H3,(H,20,24). The quantitative estimate of drug-likeness (QED) is 0.818. The lowest BCUT2D eigenvalue weighted by atomic mass is 10.1. The number of benzene rings is 2. The van der Waals surface area contributed by atoms with E-state index in [-0.39, 0.29) is 0 Å². The summed E-state index contributed by atoms with van der Waals surface area (Å²) in [5.41, 5.74) is 4.73. The van der Waals surface area contributed by atoms with Crippen LogP contribution in [0.4, 0.5) is 11.4 Å². The van der Waals surface area contributed by atoms with Gasteiger partial charge < -0.3 is 20.2 Å². The maximum atomic E-state index is 9.40. The molecule has 1 aliphatic rings. The second-order valence-corrected chi connectivity index (χ2v) is 6.55. The van der Waals surface area contributed by atoms with E-state index < -0.39 is 0 Å². The van der Waals surface area contributed by atoms with Crippen LogP contribution < -0.4 is 10.2 Å². The first kappa shape index (κ1) is 16.6. The Morgan fingerprint density at radius 3 is 2.33 bits per heavy atom. The van der Waals surface area contributed by atoms with Crippen molar-refractivity contribution in [2.45, 2.75) is 13.8 Å². The van der Waals surface area contributed by atoms with Gasteiger partial charge in [0.15, 0.2) is 5.11 Å². The third-order valence-electron chi connectivity index (χ3n) is 4.63. The van der Waals surface area contributed by atoms with E-state index in [1.807, 2.05) is 12.1 Å². The summed E-state index contributed by atoms with van der Waals surface area (Å²) < 4.78 is 0. The van der Waals surface area contributed by atoms with Gasteiger partial charge >= 0.3 is 0 Å². The fourth-order valence-electron chi connectivity index (χ4n) is 2.91. The summed E-state index contributed by atoms with van der Waals surface area (Å²) in [6, 6.07) is 13.6. The Morgan fingerprint density at radius 2 is 1.67 bits per heavy atom. The average molecular weight is 341 g/mol. The molecule has 0 radical (unpaired) electrons. The zero-order chi connectivity index (χ0) is 17.1. The molecule has 0 bridgehead atoms. The van der Waals surface area contributed by atoms with Crippen molar-refractivity contribution in [2.24, 2.45) is 0 Å². The molecule has 2 aromatic carbocycles. The topological polar surface area (TPSA) is 38.7 Å². The molecule has 2 aromatic rings. The Kier molecular flexibility index (Phi) is 4.90. The van der Waals surface area contributed by atoms with Crippen molar-refractivity contribution in [3.05, 3.63) is 53.6 Å². The van der Waals surface area contributed by atoms with Crippen LogP contribution in [-0.2, 0) is 0 Å². The molecule has 0 aromatic heterocycles. The lowest BCUT2D eigenvalue weighted by Crippen LogP contribution is -2.50. The van der Waals surface area contributed by atoms with Crippen molar-refractivity contribution in [1.29, 1.82) is 0 Å². The van der Waals surface area contributed by atoms with E-state index in [0.717, 1.165) is 42.7 Å². The van der Waals surface area contributed by atoms with Gasteiger partial charge in [-0.1, -0.05) is 12.1 Å². The van der Waals surface area contributed by atoms with Crippen molar-refractivity contribution >= 4 is 28.7 Å². The maximum Gasteiger partial charge on any atom is 0.173 e. The Morgan fingerprint density at radius 1 is 1.00 bits per heavy atom. The van der Waals surface area contributed by atoms with E-state index in [4.69, 9.17) is 12.2 Å². The predicted molar refractivity (Wildman–Crippen MR) is 104 cm³/mol. The van der Waals surface area contributed by atoms with Crippen LogP contribution in [-0.4, -0.2) is 41.3 Å². The third kappa shape index (κ3) is 3.62. The number of hydrogen-bond donors (Lipinski definition) is 2. The first-order chi connectivity index (χ1) is 11.5. The first-order valence-corrected chi connectivity index (χ1v) is 8.61. The lowest BCUT2D eigenvalue weighted by molar-refractivity contribution is 0.391. The maximum absolute atomic E-state index is 9.40. The molecule has 0 unspecified atom stereocenters. The van der Waals surface area contributed by atoms with E-state index in [9.17, 15) is 5.11 Å². The number of piperazine rings is 1. The summed E-state index contributed by atoms with van der Waals surface area (Å²) in [6.07, 6.45) is 0. The molecule has 0 saturated carbocycles. The van der Waals surface area contributed by atoms with Crippen molar-refractivity contribution in [3.8, 4) is 5.75 Å². The summed E-state index contributed by atoms with van der Waals surface area (Å²) in [5, 5.41) is 13.6. The molecule has 0 spiro atoms. The highest BCUT2D eigenvalue weighted by molar-refractivity contribution is 7.80. The van der Waals surface area contributed by atoms with Gasteiger partial charge in [0.2, 0.25) is 0 Å². The largest absolute Gasteiger partial charge is 0.508 e. The molecule has 4 nitrogen and oxygen atoms in total. The van der Waals surface area contributed by atoms with Gasteiger partial charge in [-0.15, -0.1) is 0 Å². The summed E-state index contributed by atoms with van der Waals surface area (Å²) in [5.74, 6) is 0.302. The molecule has 5 heteroatoms. The summed E-state index contributed by atoms with van der Waals surface area (Å²) in [7, 11) is 0. The number of aromatic hydroxyl groups is 1. The SMILES string of the molecule is Cc1cccc(NC(=S)N2CCN(c3ccc(O)cc3)CC2)c1C. The van der Waals surface area contributed by atoms with E-state index in [0.29, 0.717) is 5.75 Å². The van der Waals surface area contributed by atoms with Gasteiger partial charge in [-0.2, -0.15) is 0 Å². The number of nitrogens with one attached hydrogen (secondary N) is 1. The van der Waals surface area contributed by atoms with Gasteiger partial charge in [-0.05, 0) is 67.5 Å². The van der Waals surface area contributed by atoms with Crippen molar-refractivity contribution in [1.82, 2.24) is 4.90 Å². The number of hydrogen-bond acceptors (Lipinski definition) is 3. The second kappa shape index (κ2) is 7.09. The number of phenols is 1. The molecule has 0 aliphatic carbocycles. The molecule has 2 N–H and O–H groups in total. The lowest BCUT2D eigenvalue weighted by Gasteiger charge is -2.37. The fourth-order valence-corrected chi connectivity index (χ4v) is 3.20. The minimum atomic E-state index is 0.302. The zero-order valence-electron chi connectivity index (χ0n) is 14.1. The molecule has 1 fully saturated rings. The highest BCUT2D eigenvalue weighted by Gasteiger charge is 2.19. The molecular formula is C19H23N3OS. The fraction of sp³-hybridized carbons (Fsp3) is 0.316. The van der Waals surface area contributed by atoms with Gasteiger partial charge in [-0.25, -0.2) is 0 Å². The summed E-state index contributed by atoms with van der Waals surface area (Å²) >= 11 is 5.59. The Labute approximate surface area is 148 Å². The predicted octanol–water partition coefficient (Wildman–Crippen LogP) is 3.53. The van der Waals surface area contributed by atoms with Gasteiger partial charge in [0.1, 0.15) is 5.75 Å². The van der Waals surface area contributed by atoms with Crippen LogP contribution in [0, 0.1) is 13.8 Å². The van der Waals surface area contributed by atoms with Gasteiger partial charge in [-0.3, -0.25) is 0 Å². The molecule has 1 heterocycles. The van der Waals surface area contributed by atoms with E-state index in [1.165, 1.54) is 11.1 Å². The van der Waals surface area contributed by atoms with Crippen molar-refractivity contribution < 1.29 is 5.11 Å². The molecule has 0 amide bonds. The average Bonchev–Trinajstić information content (AvgIpc) is 2.60. The van der Waals surface area contributed by atoms with E-state index in [1.54, 1.807) is 12.1 Å².